The minimum absolute atomic E-state index is 0.0508. The number of piperidine rings is 1. The number of likely N-dealkylation sites (tertiary alicyclic amines) is 1. The van der Waals surface area contributed by atoms with Gasteiger partial charge in [0, 0.05) is 18.0 Å². The maximum Gasteiger partial charge on any atom is 0.142 e. The first-order valence-electron chi connectivity index (χ1n) is 7.75. The largest absolute Gasteiger partial charge is 0.388 e. The molecule has 1 aromatic carbocycles. The molecule has 122 valence electrons. The summed E-state index contributed by atoms with van der Waals surface area (Å²) < 4.78 is 27.1. The van der Waals surface area contributed by atoms with Gasteiger partial charge in [-0.1, -0.05) is 0 Å². The van der Waals surface area contributed by atoms with Crippen molar-refractivity contribution in [2.24, 2.45) is 5.92 Å². The SMILES string of the molecule is OC(c1cc(F)ccc1F)C1CCN(Cc2ncccn2)CC1. The number of rotatable bonds is 4. The van der Waals surface area contributed by atoms with Crippen LogP contribution in [0.15, 0.2) is 36.7 Å². The molecule has 0 bridgehead atoms. The lowest BCUT2D eigenvalue weighted by atomic mass is 9.87. The van der Waals surface area contributed by atoms with Crippen molar-refractivity contribution in [1.82, 2.24) is 14.9 Å². The van der Waals surface area contributed by atoms with E-state index >= 15 is 0 Å². The summed E-state index contributed by atoms with van der Waals surface area (Å²) in [5.41, 5.74) is 0.0508. The van der Waals surface area contributed by atoms with Crippen LogP contribution in [-0.2, 0) is 6.54 Å². The van der Waals surface area contributed by atoms with Crippen molar-refractivity contribution in [2.75, 3.05) is 13.1 Å². The van der Waals surface area contributed by atoms with E-state index in [4.69, 9.17) is 0 Å². The van der Waals surface area contributed by atoms with Gasteiger partial charge in [0.25, 0.3) is 0 Å². The van der Waals surface area contributed by atoms with Crippen molar-refractivity contribution in [1.29, 1.82) is 0 Å². The number of aliphatic hydroxyl groups is 1. The number of hydrogen-bond donors (Lipinski definition) is 1. The van der Waals surface area contributed by atoms with Crippen molar-refractivity contribution in [3.63, 3.8) is 0 Å². The smallest absolute Gasteiger partial charge is 0.142 e. The van der Waals surface area contributed by atoms with Gasteiger partial charge >= 0.3 is 0 Å². The Hall–Kier alpha value is -1.92. The van der Waals surface area contributed by atoms with Gasteiger partial charge in [0.05, 0.1) is 12.6 Å². The summed E-state index contributed by atoms with van der Waals surface area (Å²) in [4.78, 5) is 10.6. The quantitative estimate of drug-likeness (QED) is 0.941. The first kappa shape index (κ1) is 16.0. The maximum atomic E-state index is 13.8. The Morgan fingerprint density at radius 1 is 1.17 bits per heavy atom. The highest BCUT2D eigenvalue weighted by molar-refractivity contribution is 5.21. The fourth-order valence-corrected chi connectivity index (χ4v) is 3.03. The fourth-order valence-electron chi connectivity index (χ4n) is 3.03. The summed E-state index contributed by atoms with van der Waals surface area (Å²) in [7, 11) is 0. The van der Waals surface area contributed by atoms with Crippen molar-refractivity contribution < 1.29 is 13.9 Å². The second-order valence-electron chi connectivity index (χ2n) is 5.89. The Bertz CT molecular complexity index is 646. The molecule has 0 aliphatic carbocycles. The number of aromatic nitrogens is 2. The molecule has 1 N–H and O–H groups in total. The van der Waals surface area contributed by atoms with E-state index in [-0.39, 0.29) is 11.5 Å². The van der Waals surface area contributed by atoms with Crippen molar-refractivity contribution in [2.45, 2.75) is 25.5 Å². The molecule has 0 amide bonds. The van der Waals surface area contributed by atoms with Gasteiger partial charge in [0.1, 0.15) is 17.5 Å². The Morgan fingerprint density at radius 2 is 1.87 bits per heavy atom. The molecule has 1 saturated heterocycles. The van der Waals surface area contributed by atoms with Crippen molar-refractivity contribution in [3.05, 3.63) is 59.7 Å². The third-order valence-electron chi connectivity index (χ3n) is 4.34. The van der Waals surface area contributed by atoms with E-state index in [1.807, 2.05) is 0 Å². The molecule has 3 rings (SSSR count). The minimum Gasteiger partial charge on any atom is -0.388 e. The molecular formula is C17H19F2N3O. The molecule has 0 saturated carbocycles. The Labute approximate surface area is 133 Å². The first-order chi connectivity index (χ1) is 11.1. The van der Waals surface area contributed by atoms with Gasteiger partial charge < -0.3 is 5.11 Å². The highest BCUT2D eigenvalue weighted by atomic mass is 19.1. The average Bonchev–Trinajstić information content (AvgIpc) is 2.58. The number of halogens is 2. The lowest BCUT2D eigenvalue weighted by Gasteiger charge is -2.34. The van der Waals surface area contributed by atoms with Crippen LogP contribution < -0.4 is 0 Å². The number of hydrogen-bond acceptors (Lipinski definition) is 4. The standard InChI is InChI=1S/C17H19F2N3O/c18-13-2-3-15(19)14(10-13)17(23)12-4-8-22(9-5-12)11-16-20-6-1-7-21-16/h1-3,6-7,10,12,17,23H,4-5,8-9,11H2. The van der Waals surface area contributed by atoms with E-state index in [1.54, 1.807) is 18.5 Å². The summed E-state index contributed by atoms with van der Waals surface area (Å²) in [6.45, 7) is 2.21. The van der Waals surface area contributed by atoms with Gasteiger partial charge in [-0.05, 0) is 56.1 Å². The molecule has 1 aliphatic rings. The molecule has 2 aromatic rings. The molecule has 6 heteroatoms. The second kappa shape index (κ2) is 7.10. The topological polar surface area (TPSA) is 49.2 Å². The van der Waals surface area contributed by atoms with E-state index in [2.05, 4.69) is 14.9 Å². The van der Waals surface area contributed by atoms with E-state index < -0.39 is 17.7 Å². The van der Waals surface area contributed by atoms with Crippen LogP contribution in [0.3, 0.4) is 0 Å². The van der Waals surface area contributed by atoms with Crippen LogP contribution >= 0.6 is 0 Å². The van der Waals surface area contributed by atoms with E-state index in [1.165, 1.54) is 0 Å². The molecule has 2 heterocycles. The van der Waals surface area contributed by atoms with Crippen molar-refractivity contribution in [3.8, 4) is 0 Å². The van der Waals surface area contributed by atoms with Crippen LogP contribution in [0.5, 0.6) is 0 Å². The number of benzene rings is 1. The molecule has 23 heavy (non-hydrogen) atoms. The summed E-state index contributed by atoms with van der Waals surface area (Å²) in [5.74, 6) is -0.389. The predicted octanol–water partition coefficient (Wildman–Crippen LogP) is 2.70. The monoisotopic (exact) mass is 319 g/mol. The predicted molar refractivity (Wildman–Crippen MR) is 81.4 cm³/mol. The maximum absolute atomic E-state index is 13.8. The summed E-state index contributed by atoms with van der Waals surface area (Å²) >= 11 is 0. The number of nitrogens with zero attached hydrogens (tertiary/aromatic N) is 3. The van der Waals surface area contributed by atoms with Crippen molar-refractivity contribution >= 4 is 0 Å². The van der Waals surface area contributed by atoms with Crippen LogP contribution in [0.2, 0.25) is 0 Å². The molecule has 1 atom stereocenters. The Balaban J connectivity index is 1.59. The lowest BCUT2D eigenvalue weighted by molar-refractivity contribution is 0.0535. The Kier molecular flexibility index (Phi) is 4.93. The van der Waals surface area contributed by atoms with E-state index in [0.29, 0.717) is 6.54 Å². The van der Waals surface area contributed by atoms with Crippen LogP contribution in [0.25, 0.3) is 0 Å². The van der Waals surface area contributed by atoms with Gasteiger partial charge in [0.15, 0.2) is 0 Å². The van der Waals surface area contributed by atoms with E-state index in [0.717, 1.165) is 50.0 Å². The molecule has 0 spiro atoms. The molecule has 1 aliphatic heterocycles. The molecule has 1 aromatic heterocycles. The van der Waals surface area contributed by atoms with Gasteiger partial charge in [-0.15, -0.1) is 0 Å². The molecule has 1 unspecified atom stereocenters. The zero-order chi connectivity index (χ0) is 16.2. The molecule has 0 radical (unpaired) electrons. The first-order valence-corrected chi connectivity index (χ1v) is 7.75. The molecular weight excluding hydrogens is 300 g/mol. The fraction of sp³-hybridized carbons (Fsp3) is 0.412. The summed E-state index contributed by atoms with van der Waals surface area (Å²) in [5, 5.41) is 10.4. The average molecular weight is 319 g/mol. The van der Waals surface area contributed by atoms with Gasteiger partial charge in [-0.3, -0.25) is 4.90 Å². The summed E-state index contributed by atoms with van der Waals surface area (Å²) in [6, 6.07) is 4.99. The van der Waals surface area contributed by atoms with E-state index in [9.17, 15) is 13.9 Å². The van der Waals surface area contributed by atoms with Crippen LogP contribution in [-0.4, -0.2) is 33.1 Å². The zero-order valence-corrected chi connectivity index (χ0v) is 12.7. The minimum atomic E-state index is -0.971. The third kappa shape index (κ3) is 3.89. The zero-order valence-electron chi connectivity index (χ0n) is 12.7. The summed E-state index contributed by atoms with van der Waals surface area (Å²) in [6.07, 6.45) is 3.91. The van der Waals surface area contributed by atoms with Gasteiger partial charge in [-0.2, -0.15) is 0 Å². The highest BCUT2D eigenvalue weighted by Gasteiger charge is 2.28. The Morgan fingerprint density at radius 3 is 2.57 bits per heavy atom. The second-order valence-corrected chi connectivity index (χ2v) is 5.89. The normalized spacial score (nSPS) is 18.0. The van der Waals surface area contributed by atoms with Gasteiger partial charge in [0.2, 0.25) is 0 Å². The van der Waals surface area contributed by atoms with Gasteiger partial charge in [-0.25, -0.2) is 18.7 Å². The molecule has 1 fully saturated rings. The molecule has 4 nitrogen and oxygen atoms in total. The lowest BCUT2D eigenvalue weighted by Crippen LogP contribution is -2.35. The highest BCUT2D eigenvalue weighted by Crippen LogP contribution is 2.32. The third-order valence-corrected chi connectivity index (χ3v) is 4.34. The van der Waals surface area contributed by atoms with Crippen LogP contribution in [0.1, 0.15) is 30.3 Å². The number of aliphatic hydroxyl groups excluding tert-OH is 1. The van der Waals surface area contributed by atoms with Crippen LogP contribution in [0.4, 0.5) is 8.78 Å². The van der Waals surface area contributed by atoms with Crippen LogP contribution in [0, 0.1) is 17.6 Å².